The molecule has 0 spiro atoms. The summed E-state index contributed by atoms with van der Waals surface area (Å²) >= 11 is 0. The molecule has 14 heteroatoms. The Morgan fingerprint density at radius 1 is 1.19 bits per heavy atom. The summed E-state index contributed by atoms with van der Waals surface area (Å²) in [6.07, 6.45) is -8.81. The summed E-state index contributed by atoms with van der Waals surface area (Å²) in [4.78, 5) is 42.2. The van der Waals surface area contributed by atoms with Crippen LogP contribution in [0.5, 0.6) is 5.75 Å². The predicted molar refractivity (Wildman–Crippen MR) is 142 cm³/mol. The number of nitrogens with zero attached hydrogens (tertiary/aromatic N) is 2. The monoisotopic (exact) mass is 583 g/mol. The number of carbonyl (C=O) groups excluding carboxylic acids is 1. The second-order valence-electron chi connectivity index (χ2n) is 10.6. The van der Waals surface area contributed by atoms with Crippen molar-refractivity contribution in [2.75, 3.05) is 7.05 Å². The van der Waals surface area contributed by atoms with E-state index in [0.717, 1.165) is 0 Å². The number of aromatic nitrogens is 2. The van der Waals surface area contributed by atoms with Gasteiger partial charge in [-0.15, -0.1) is 0 Å². The largest absolute Gasteiger partial charge is 0.479 e. The van der Waals surface area contributed by atoms with E-state index in [2.05, 4.69) is 5.32 Å². The maximum absolute atomic E-state index is 13.5. The molecule has 2 aromatic heterocycles. The fraction of sp³-hybridized carbons (Fsp3) is 0.429. The molecule has 0 saturated carbocycles. The van der Waals surface area contributed by atoms with Crippen LogP contribution in [0.2, 0.25) is 0 Å². The molecule has 3 aliphatic heterocycles. The molecule has 1 saturated heterocycles. The number of benzene rings is 1. The molecule has 3 aromatic rings. The van der Waals surface area contributed by atoms with Gasteiger partial charge in [-0.3, -0.25) is 4.79 Å². The highest BCUT2D eigenvalue weighted by Crippen LogP contribution is 2.40. The van der Waals surface area contributed by atoms with Crippen molar-refractivity contribution in [2.24, 2.45) is 0 Å². The number of aliphatic hydroxyl groups excluding tert-OH is 3. The van der Waals surface area contributed by atoms with E-state index >= 15 is 0 Å². The van der Waals surface area contributed by atoms with Crippen molar-refractivity contribution in [3.8, 4) is 17.1 Å². The summed E-state index contributed by atoms with van der Waals surface area (Å²) in [6, 6.07) is 6.65. The van der Waals surface area contributed by atoms with Crippen molar-refractivity contribution in [3.63, 3.8) is 0 Å². The average molecular weight is 584 g/mol. The number of carboxylic acids is 1. The molecule has 0 amide bonds. The van der Waals surface area contributed by atoms with E-state index in [0.29, 0.717) is 33.4 Å². The Morgan fingerprint density at radius 2 is 1.95 bits per heavy atom. The molecule has 5 heterocycles. The molecule has 222 valence electrons. The van der Waals surface area contributed by atoms with Crippen molar-refractivity contribution in [1.29, 1.82) is 0 Å². The minimum Gasteiger partial charge on any atom is -0.479 e. The molecule has 6 atom stereocenters. The van der Waals surface area contributed by atoms with Crippen molar-refractivity contribution in [3.05, 3.63) is 56.9 Å². The summed E-state index contributed by atoms with van der Waals surface area (Å²) < 4.78 is 17.8. The molecule has 3 aliphatic rings. The number of fused-ring (bicyclic) bond motifs is 5. The minimum atomic E-state index is -1.94. The number of hydrogen-bond donors (Lipinski definition) is 6. The Kier molecular flexibility index (Phi) is 6.79. The molecule has 0 bridgehead atoms. The molecule has 0 aliphatic carbocycles. The number of carboxylic acid groups (broad SMARTS) is 1. The van der Waals surface area contributed by atoms with E-state index < -0.39 is 48.2 Å². The lowest BCUT2D eigenvalue weighted by atomic mass is 9.86. The minimum absolute atomic E-state index is 0.0263. The zero-order valence-electron chi connectivity index (χ0n) is 22.6. The first-order valence-corrected chi connectivity index (χ1v) is 13.4. The van der Waals surface area contributed by atoms with Gasteiger partial charge in [0, 0.05) is 28.6 Å². The van der Waals surface area contributed by atoms with Crippen LogP contribution in [-0.4, -0.2) is 84.8 Å². The van der Waals surface area contributed by atoms with Crippen LogP contribution < -0.4 is 15.6 Å². The lowest BCUT2D eigenvalue weighted by Crippen LogP contribution is -2.61. The Labute approximate surface area is 237 Å². The molecule has 0 radical (unpaired) electrons. The summed E-state index contributed by atoms with van der Waals surface area (Å²) in [5.74, 6) is -2.12. The number of cyclic esters (lactones) is 1. The Balaban J connectivity index is 1.43. The van der Waals surface area contributed by atoms with Crippen molar-refractivity contribution in [1.82, 2.24) is 14.9 Å². The van der Waals surface area contributed by atoms with Crippen LogP contribution in [0.1, 0.15) is 35.6 Å². The molecular weight excluding hydrogens is 554 g/mol. The maximum atomic E-state index is 13.5. The fourth-order valence-corrected chi connectivity index (χ4v) is 5.84. The topological polar surface area (TPSA) is 210 Å². The van der Waals surface area contributed by atoms with Crippen LogP contribution in [-0.2, 0) is 44.4 Å². The van der Waals surface area contributed by atoms with Gasteiger partial charge in [-0.25, -0.2) is 14.6 Å². The van der Waals surface area contributed by atoms with Crippen molar-refractivity contribution in [2.45, 2.75) is 69.3 Å². The summed E-state index contributed by atoms with van der Waals surface area (Å²) in [7, 11) is 1.70. The second kappa shape index (κ2) is 10.1. The zero-order valence-corrected chi connectivity index (χ0v) is 22.6. The molecule has 42 heavy (non-hydrogen) atoms. The number of esters is 1. The van der Waals surface area contributed by atoms with Gasteiger partial charge in [0.25, 0.3) is 5.56 Å². The van der Waals surface area contributed by atoms with Crippen LogP contribution in [0.25, 0.3) is 22.3 Å². The zero-order chi connectivity index (χ0) is 30.1. The quantitative estimate of drug-likeness (QED) is 0.152. The number of ether oxygens (including phenoxy) is 3. The van der Waals surface area contributed by atoms with Gasteiger partial charge in [0.2, 0.25) is 6.29 Å². The van der Waals surface area contributed by atoms with Gasteiger partial charge in [-0.1, -0.05) is 6.92 Å². The summed E-state index contributed by atoms with van der Waals surface area (Å²) in [6.45, 7) is 1.83. The van der Waals surface area contributed by atoms with Gasteiger partial charge >= 0.3 is 11.9 Å². The molecule has 1 fully saturated rings. The number of pyridine rings is 2. The summed E-state index contributed by atoms with van der Waals surface area (Å²) in [5, 5.41) is 54.8. The number of nitrogens with one attached hydrogen (secondary N) is 1. The molecule has 14 nitrogen and oxygen atoms in total. The van der Waals surface area contributed by atoms with E-state index in [1.54, 1.807) is 32.2 Å². The van der Waals surface area contributed by atoms with Gasteiger partial charge < -0.3 is 49.6 Å². The maximum Gasteiger partial charge on any atom is 0.343 e. The predicted octanol–water partition coefficient (Wildman–Crippen LogP) is -0.930. The summed E-state index contributed by atoms with van der Waals surface area (Å²) in [5.41, 5.74) is 0.866. The smallest absolute Gasteiger partial charge is 0.343 e. The highest BCUT2D eigenvalue weighted by molar-refractivity contribution is 5.89. The normalized spacial score (nSPS) is 28.1. The van der Waals surface area contributed by atoms with Gasteiger partial charge in [0.1, 0.15) is 30.7 Å². The number of carbonyl (C=O) groups is 2. The van der Waals surface area contributed by atoms with E-state index in [9.17, 15) is 39.9 Å². The van der Waals surface area contributed by atoms with Crippen LogP contribution in [0.3, 0.4) is 0 Å². The number of hydrogen-bond acceptors (Lipinski definition) is 12. The van der Waals surface area contributed by atoms with E-state index in [1.807, 2.05) is 6.07 Å². The van der Waals surface area contributed by atoms with Gasteiger partial charge in [0.05, 0.1) is 29.0 Å². The molecule has 6 rings (SSSR count). The first-order chi connectivity index (χ1) is 20.0. The standard InChI is InChI=1S/C28H29N3O11/c1-3-28(39)15-7-17-19-11(9-31(17)24(35)14(15)10-40-27(28)38)6-12-13(8-29-2)18(5-4-16(12)30-19)41-26-22(34)20(32)21(33)23(42-26)25(36)37/h4-7,20-23,26,29,32-34,39H,3,8-10H2,1-2H3,(H,36,37)/t20-,21-,22+,23-,26+,28-/m0/s1. The molecular formula is C28H29N3O11. The van der Waals surface area contributed by atoms with E-state index in [-0.39, 0.29) is 48.6 Å². The van der Waals surface area contributed by atoms with Crippen LogP contribution in [0.15, 0.2) is 29.1 Å². The lowest BCUT2D eigenvalue weighted by molar-refractivity contribution is -0.271. The first-order valence-electron chi connectivity index (χ1n) is 13.4. The third-order valence-corrected chi connectivity index (χ3v) is 8.17. The third-order valence-electron chi connectivity index (χ3n) is 8.17. The number of rotatable bonds is 6. The van der Waals surface area contributed by atoms with Crippen LogP contribution in [0.4, 0.5) is 0 Å². The van der Waals surface area contributed by atoms with Gasteiger partial charge in [-0.05, 0) is 37.7 Å². The first kappa shape index (κ1) is 28.2. The fourth-order valence-electron chi connectivity index (χ4n) is 5.84. The van der Waals surface area contributed by atoms with E-state index in [1.165, 1.54) is 4.57 Å². The Bertz CT molecular complexity index is 1690. The number of aliphatic hydroxyl groups is 4. The Hall–Kier alpha value is -3.92. The van der Waals surface area contributed by atoms with E-state index in [4.69, 9.17) is 19.2 Å². The lowest BCUT2D eigenvalue weighted by Gasteiger charge is -2.38. The van der Waals surface area contributed by atoms with Gasteiger partial charge in [0.15, 0.2) is 11.7 Å². The molecule has 0 unspecified atom stereocenters. The third kappa shape index (κ3) is 4.10. The van der Waals surface area contributed by atoms with Crippen LogP contribution in [0, 0.1) is 0 Å². The second-order valence-corrected chi connectivity index (χ2v) is 10.6. The Morgan fingerprint density at radius 3 is 2.64 bits per heavy atom. The highest BCUT2D eigenvalue weighted by Gasteiger charge is 2.48. The average Bonchev–Trinajstić information content (AvgIpc) is 3.33. The van der Waals surface area contributed by atoms with Crippen molar-refractivity contribution >= 4 is 22.8 Å². The van der Waals surface area contributed by atoms with Crippen LogP contribution >= 0.6 is 0 Å². The SMILES string of the molecule is CC[C@@]1(O)C(=O)OCc2c1cc1n(c2=O)Cc2cc3c(CNC)c(O[C@@H]4O[C@H](C(=O)O)[C@@H](O)[C@H](O)[C@H]4O)ccc3nc2-1. The van der Waals surface area contributed by atoms with Gasteiger partial charge in [-0.2, -0.15) is 0 Å². The molecule has 6 N–H and O–H groups in total. The highest BCUT2D eigenvalue weighted by atomic mass is 16.7. The van der Waals surface area contributed by atoms with Crippen molar-refractivity contribution < 1.29 is 49.3 Å². The number of aliphatic carboxylic acids is 1. The molecule has 1 aromatic carbocycles.